The van der Waals surface area contributed by atoms with Gasteiger partial charge in [0.2, 0.25) is 0 Å². The zero-order chi connectivity index (χ0) is 10.5. The highest BCUT2D eigenvalue weighted by Crippen LogP contribution is 2.14. The summed E-state index contributed by atoms with van der Waals surface area (Å²) >= 11 is 0. The quantitative estimate of drug-likeness (QED) is 0.798. The molecule has 2 rings (SSSR count). The first-order valence-electron chi connectivity index (χ1n) is 5.84. The van der Waals surface area contributed by atoms with Crippen LogP contribution in [0.4, 0.5) is 0 Å². The Balaban J connectivity index is 1.63. The summed E-state index contributed by atoms with van der Waals surface area (Å²) < 4.78 is 5.27. The molecule has 1 aromatic rings. The molecule has 1 atom stereocenters. The summed E-state index contributed by atoms with van der Waals surface area (Å²) in [5.41, 5.74) is 0. The Morgan fingerprint density at radius 2 is 2.53 bits per heavy atom. The molecule has 0 spiro atoms. The molecule has 1 saturated heterocycles. The molecule has 1 fully saturated rings. The van der Waals surface area contributed by atoms with Crippen LogP contribution in [0, 0.1) is 5.92 Å². The third-order valence-corrected chi connectivity index (χ3v) is 3.13. The van der Waals surface area contributed by atoms with Crippen molar-refractivity contribution < 1.29 is 4.42 Å². The fraction of sp³-hybridized carbons (Fsp3) is 0.667. The highest BCUT2D eigenvalue weighted by molar-refractivity contribution is 4.97. The van der Waals surface area contributed by atoms with Crippen molar-refractivity contribution in [3.05, 3.63) is 24.2 Å². The van der Waals surface area contributed by atoms with Crippen LogP contribution in [-0.4, -0.2) is 31.1 Å². The largest absolute Gasteiger partial charge is 0.468 e. The van der Waals surface area contributed by atoms with E-state index in [1.165, 1.54) is 26.1 Å². The number of furan rings is 1. The first-order valence-corrected chi connectivity index (χ1v) is 5.84. The first-order chi connectivity index (χ1) is 7.38. The number of nitrogens with one attached hydrogen (secondary N) is 1. The van der Waals surface area contributed by atoms with Crippen LogP contribution in [-0.2, 0) is 6.54 Å². The van der Waals surface area contributed by atoms with E-state index in [1.54, 1.807) is 6.26 Å². The minimum Gasteiger partial charge on any atom is -0.468 e. The van der Waals surface area contributed by atoms with Crippen molar-refractivity contribution in [3.63, 3.8) is 0 Å². The molecule has 1 aliphatic heterocycles. The van der Waals surface area contributed by atoms with Gasteiger partial charge in [-0.2, -0.15) is 0 Å². The monoisotopic (exact) mass is 208 g/mol. The maximum Gasteiger partial charge on any atom is 0.117 e. The molecule has 0 amide bonds. The summed E-state index contributed by atoms with van der Waals surface area (Å²) in [5.74, 6) is 1.85. The van der Waals surface area contributed by atoms with Gasteiger partial charge in [0.05, 0.1) is 12.8 Å². The van der Waals surface area contributed by atoms with Gasteiger partial charge in [0, 0.05) is 6.54 Å². The highest BCUT2D eigenvalue weighted by atomic mass is 16.3. The Morgan fingerprint density at radius 1 is 1.60 bits per heavy atom. The van der Waals surface area contributed by atoms with Gasteiger partial charge in [0.25, 0.3) is 0 Å². The standard InChI is InChI=1S/C12H20N2O/c1-2-14-6-5-11(10-14)8-13-9-12-4-3-7-15-12/h3-4,7,11,13H,2,5-6,8-10H2,1H3/t11-/m0/s1. The van der Waals surface area contributed by atoms with Gasteiger partial charge in [-0.05, 0) is 44.1 Å². The molecule has 84 valence electrons. The molecular formula is C12H20N2O. The van der Waals surface area contributed by atoms with Gasteiger partial charge >= 0.3 is 0 Å². The van der Waals surface area contributed by atoms with Crippen LogP contribution >= 0.6 is 0 Å². The Bertz CT molecular complexity index is 271. The summed E-state index contributed by atoms with van der Waals surface area (Å²) in [6.07, 6.45) is 3.06. The van der Waals surface area contributed by atoms with E-state index < -0.39 is 0 Å². The van der Waals surface area contributed by atoms with Crippen molar-refractivity contribution >= 4 is 0 Å². The third kappa shape index (κ3) is 3.08. The molecule has 0 bridgehead atoms. The third-order valence-electron chi connectivity index (χ3n) is 3.13. The molecular weight excluding hydrogens is 188 g/mol. The molecule has 0 aliphatic carbocycles. The van der Waals surface area contributed by atoms with Gasteiger partial charge in [0.1, 0.15) is 5.76 Å². The molecule has 3 nitrogen and oxygen atoms in total. The lowest BCUT2D eigenvalue weighted by Crippen LogP contribution is -2.26. The lowest BCUT2D eigenvalue weighted by Gasteiger charge is -2.13. The second-order valence-corrected chi connectivity index (χ2v) is 4.26. The molecule has 1 aromatic heterocycles. The average Bonchev–Trinajstić information content (AvgIpc) is 2.88. The molecule has 1 N–H and O–H groups in total. The molecule has 1 aliphatic rings. The predicted octanol–water partition coefficient (Wildman–Crippen LogP) is 1.71. The van der Waals surface area contributed by atoms with Gasteiger partial charge in [-0.3, -0.25) is 0 Å². The Kier molecular flexibility index (Phi) is 3.80. The molecule has 15 heavy (non-hydrogen) atoms. The minimum absolute atomic E-state index is 0.819. The zero-order valence-corrected chi connectivity index (χ0v) is 9.41. The SMILES string of the molecule is CCN1CC[C@@H](CNCc2ccco2)C1. The van der Waals surface area contributed by atoms with E-state index in [0.717, 1.165) is 24.8 Å². The average molecular weight is 208 g/mol. The van der Waals surface area contributed by atoms with Crippen LogP contribution in [0.1, 0.15) is 19.1 Å². The second-order valence-electron chi connectivity index (χ2n) is 4.26. The van der Waals surface area contributed by atoms with E-state index in [2.05, 4.69) is 17.1 Å². The van der Waals surface area contributed by atoms with Crippen molar-refractivity contribution in [2.24, 2.45) is 5.92 Å². The van der Waals surface area contributed by atoms with Crippen molar-refractivity contribution in [2.75, 3.05) is 26.2 Å². The van der Waals surface area contributed by atoms with Crippen molar-refractivity contribution in [3.8, 4) is 0 Å². The summed E-state index contributed by atoms with van der Waals surface area (Å²) in [6.45, 7) is 7.91. The molecule has 0 radical (unpaired) electrons. The van der Waals surface area contributed by atoms with E-state index in [-0.39, 0.29) is 0 Å². The summed E-state index contributed by atoms with van der Waals surface area (Å²) in [6, 6.07) is 3.95. The van der Waals surface area contributed by atoms with Crippen LogP contribution in [0.2, 0.25) is 0 Å². The summed E-state index contributed by atoms with van der Waals surface area (Å²) in [7, 11) is 0. The fourth-order valence-electron chi connectivity index (χ4n) is 2.18. The maximum absolute atomic E-state index is 5.27. The van der Waals surface area contributed by atoms with E-state index >= 15 is 0 Å². The van der Waals surface area contributed by atoms with Crippen LogP contribution in [0.3, 0.4) is 0 Å². The van der Waals surface area contributed by atoms with Gasteiger partial charge < -0.3 is 14.6 Å². The Hall–Kier alpha value is -0.800. The Labute approximate surface area is 91.4 Å². The maximum atomic E-state index is 5.27. The second kappa shape index (κ2) is 5.33. The molecule has 3 heteroatoms. The number of rotatable bonds is 5. The van der Waals surface area contributed by atoms with Gasteiger partial charge in [0.15, 0.2) is 0 Å². The number of likely N-dealkylation sites (tertiary alicyclic amines) is 1. The van der Waals surface area contributed by atoms with Gasteiger partial charge in [-0.25, -0.2) is 0 Å². The fourth-order valence-corrected chi connectivity index (χ4v) is 2.18. The van der Waals surface area contributed by atoms with Crippen LogP contribution < -0.4 is 5.32 Å². The molecule has 0 aromatic carbocycles. The molecule has 2 heterocycles. The van der Waals surface area contributed by atoms with E-state index in [9.17, 15) is 0 Å². The normalized spacial score (nSPS) is 22.3. The van der Waals surface area contributed by atoms with Crippen LogP contribution in [0.5, 0.6) is 0 Å². The molecule has 0 saturated carbocycles. The lowest BCUT2D eigenvalue weighted by molar-refractivity contribution is 0.337. The van der Waals surface area contributed by atoms with Crippen LogP contribution in [0.25, 0.3) is 0 Å². The van der Waals surface area contributed by atoms with E-state index in [0.29, 0.717) is 0 Å². The summed E-state index contributed by atoms with van der Waals surface area (Å²) in [4.78, 5) is 2.51. The van der Waals surface area contributed by atoms with Crippen molar-refractivity contribution in [1.82, 2.24) is 10.2 Å². The van der Waals surface area contributed by atoms with Crippen molar-refractivity contribution in [2.45, 2.75) is 19.9 Å². The van der Waals surface area contributed by atoms with E-state index in [1.807, 2.05) is 12.1 Å². The first kappa shape index (κ1) is 10.7. The zero-order valence-electron chi connectivity index (χ0n) is 9.41. The van der Waals surface area contributed by atoms with E-state index in [4.69, 9.17) is 4.42 Å². The summed E-state index contributed by atoms with van der Waals surface area (Å²) in [5, 5.41) is 3.45. The topological polar surface area (TPSA) is 28.4 Å². The van der Waals surface area contributed by atoms with Crippen LogP contribution in [0.15, 0.2) is 22.8 Å². The Morgan fingerprint density at radius 3 is 3.20 bits per heavy atom. The number of hydrogen-bond donors (Lipinski definition) is 1. The minimum atomic E-state index is 0.819. The predicted molar refractivity (Wildman–Crippen MR) is 60.6 cm³/mol. The van der Waals surface area contributed by atoms with Gasteiger partial charge in [-0.1, -0.05) is 6.92 Å². The number of hydrogen-bond acceptors (Lipinski definition) is 3. The lowest BCUT2D eigenvalue weighted by atomic mass is 10.1. The number of nitrogens with zero attached hydrogens (tertiary/aromatic N) is 1. The van der Waals surface area contributed by atoms with Crippen molar-refractivity contribution in [1.29, 1.82) is 0 Å². The molecule has 0 unspecified atom stereocenters. The van der Waals surface area contributed by atoms with Gasteiger partial charge in [-0.15, -0.1) is 0 Å². The smallest absolute Gasteiger partial charge is 0.117 e. The highest BCUT2D eigenvalue weighted by Gasteiger charge is 2.20.